The van der Waals surface area contributed by atoms with Gasteiger partial charge in [0.25, 0.3) is 5.91 Å². The van der Waals surface area contributed by atoms with Crippen LogP contribution in [0.15, 0.2) is 30.5 Å². The van der Waals surface area contributed by atoms with Crippen LogP contribution in [0.1, 0.15) is 42.2 Å². The normalized spacial score (nSPS) is 17.7. The van der Waals surface area contributed by atoms with Crippen LogP contribution >= 0.6 is 0 Å². The van der Waals surface area contributed by atoms with Crippen LogP contribution in [-0.4, -0.2) is 82.1 Å². The maximum Gasteiger partial charge on any atom is 0.257 e. The van der Waals surface area contributed by atoms with Crippen molar-refractivity contribution in [2.75, 3.05) is 45.8 Å². The average molecular weight is 428 g/mol. The van der Waals surface area contributed by atoms with E-state index in [1.165, 1.54) is 18.6 Å². The van der Waals surface area contributed by atoms with Crippen molar-refractivity contribution in [3.63, 3.8) is 0 Å². The second kappa shape index (κ2) is 9.60. The highest BCUT2D eigenvalue weighted by atomic mass is 19.1. The first-order valence-corrected chi connectivity index (χ1v) is 11.2. The molecule has 0 atom stereocenters. The van der Waals surface area contributed by atoms with E-state index in [-0.39, 0.29) is 17.6 Å². The molecule has 31 heavy (non-hydrogen) atoms. The Morgan fingerprint density at radius 1 is 0.935 bits per heavy atom. The minimum atomic E-state index is -0.304. The number of halogens is 1. The number of benzene rings is 1. The summed E-state index contributed by atoms with van der Waals surface area (Å²) < 4.78 is 15.0. The van der Waals surface area contributed by atoms with Crippen molar-refractivity contribution < 1.29 is 14.0 Å². The zero-order valence-corrected chi connectivity index (χ0v) is 18.1. The van der Waals surface area contributed by atoms with Gasteiger partial charge in [-0.2, -0.15) is 5.10 Å². The van der Waals surface area contributed by atoms with E-state index in [0.717, 1.165) is 37.3 Å². The Morgan fingerprint density at radius 3 is 2.26 bits per heavy atom. The Morgan fingerprint density at radius 2 is 1.61 bits per heavy atom. The van der Waals surface area contributed by atoms with Crippen LogP contribution in [0, 0.1) is 5.82 Å². The Labute approximate surface area is 182 Å². The monoisotopic (exact) mass is 427 g/mol. The Kier molecular flexibility index (Phi) is 6.65. The van der Waals surface area contributed by atoms with Crippen molar-refractivity contribution in [3.05, 3.63) is 47.5 Å². The van der Waals surface area contributed by atoms with Gasteiger partial charge in [0.2, 0.25) is 5.91 Å². The highest BCUT2D eigenvalue weighted by Gasteiger charge is 2.27. The maximum absolute atomic E-state index is 13.3. The van der Waals surface area contributed by atoms with Gasteiger partial charge in [-0.1, -0.05) is 6.92 Å². The second-order valence-electron chi connectivity index (χ2n) is 8.26. The largest absolute Gasteiger partial charge is 0.342 e. The van der Waals surface area contributed by atoms with E-state index in [1.54, 1.807) is 23.0 Å². The van der Waals surface area contributed by atoms with Gasteiger partial charge in [0.1, 0.15) is 5.82 Å². The molecule has 0 N–H and O–H groups in total. The van der Waals surface area contributed by atoms with Gasteiger partial charge >= 0.3 is 0 Å². The number of rotatable bonds is 5. The van der Waals surface area contributed by atoms with Gasteiger partial charge in [-0.15, -0.1) is 0 Å². The molecule has 2 aliphatic heterocycles. The first-order valence-electron chi connectivity index (χ1n) is 11.2. The number of hydrogen-bond donors (Lipinski definition) is 0. The smallest absolute Gasteiger partial charge is 0.257 e. The topological polar surface area (TPSA) is 61.7 Å². The quantitative estimate of drug-likeness (QED) is 0.735. The van der Waals surface area contributed by atoms with Gasteiger partial charge in [0, 0.05) is 39.3 Å². The van der Waals surface area contributed by atoms with E-state index >= 15 is 0 Å². The van der Waals surface area contributed by atoms with Gasteiger partial charge in [0.05, 0.1) is 29.7 Å². The van der Waals surface area contributed by atoms with Gasteiger partial charge in [-0.3, -0.25) is 14.5 Å². The summed E-state index contributed by atoms with van der Waals surface area (Å²) in [5.41, 5.74) is 2.14. The number of carbonyl (C=O) groups is 2. The molecule has 2 fully saturated rings. The summed E-state index contributed by atoms with van der Waals surface area (Å²) >= 11 is 0. The number of amides is 2. The molecule has 0 spiro atoms. The maximum atomic E-state index is 13.3. The van der Waals surface area contributed by atoms with E-state index in [9.17, 15) is 14.0 Å². The summed E-state index contributed by atoms with van der Waals surface area (Å²) in [5.74, 6) is -0.137. The summed E-state index contributed by atoms with van der Waals surface area (Å²) in [7, 11) is 0. The number of likely N-dealkylation sites (tertiary alicyclic amines) is 1. The number of hydrogen-bond acceptors (Lipinski definition) is 4. The highest BCUT2D eigenvalue weighted by Crippen LogP contribution is 2.19. The van der Waals surface area contributed by atoms with Gasteiger partial charge in [-0.05, 0) is 49.9 Å². The predicted molar refractivity (Wildman–Crippen MR) is 116 cm³/mol. The number of piperidine rings is 1. The third-order valence-electron chi connectivity index (χ3n) is 6.23. The summed E-state index contributed by atoms with van der Waals surface area (Å²) in [6, 6.07) is 6.10. The number of nitrogens with zero attached hydrogens (tertiary/aromatic N) is 5. The predicted octanol–water partition coefficient (Wildman–Crippen LogP) is 2.34. The lowest BCUT2D eigenvalue weighted by Gasteiger charge is -2.36. The number of piperazine rings is 1. The van der Waals surface area contributed by atoms with Crippen LogP contribution in [0.3, 0.4) is 0 Å². The van der Waals surface area contributed by atoms with Gasteiger partial charge in [-0.25, -0.2) is 9.07 Å². The van der Waals surface area contributed by atoms with Crippen LogP contribution in [0.25, 0.3) is 5.69 Å². The third kappa shape index (κ3) is 4.79. The summed E-state index contributed by atoms with van der Waals surface area (Å²) in [4.78, 5) is 31.6. The molecule has 2 amide bonds. The van der Waals surface area contributed by atoms with E-state index in [0.29, 0.717) is 44.7 Å². The van der Waals surface area contributed by atoms with E-state index < -0.39 is 0 Å². The summed E-state index contributed by atoms with van der Waals surface area (Å²) in [6.45, 7) is 6.73. The van der Waals surface area contributed by atoms with Crippen molar-refractivity contribution in [1.29, 1.82) is 0 Å². The SMILES string of the molecule is CCc1c(C(=O)N2CCN(CC(=O)N3CCCCC3)CC2)cnn1-c1ccc(F)cc1. The van der Waals surface area contributed by atoms with E-state index in [4.69, 9.17) is 0 Å². The molecule has 0 radical (unpaired) electrons. The molecule has 0 saturated carbocycles. The average Bonchev–Trinajstić information content (AvgIpc) is 3.24. The molecule has 2 aliphatic rings. The molecule has 166 valence electrons. The van der Waals surface area contributed by atoms with E-state index in [2.05, 4.69) is 10.00 Å². The Hall–Kier alpha value is -2.74. The summed E-state index contributed by atoms with van der Waals surface area (Å²) in [6.07, 6.45) is 5.65. The van der Waals surface area contributed by atoms with Crippen LogP contribution in [0.5, 0.6) is 0 Å². The van der Waals surface area contributed by atoms with Gasteiger partial charge < -0.3 is 9.80 Å². The minimum absolute atomic E-state index is 0.0350. The second-order valence-corrected chi connectivity index (χ2v) is 8.26. The highest BCUT2D eigenvalue weighted by molar-refractivity contribution is 5.95. The standard InChI is InChI=1S/C23H30FN5O2/c1-2-21-20(16-25-29(21)19-8-6-18(24)7-9-19)23(31)28-14-12-26(13-15-28)17-22(30)27-10-4-3-5-11-27/h6-9,16H,2-5,10-15,17H2,1H3. The van der Waals surface area contributed by atoms with Crippen LogP contribution < -0.4 is 0 Å². The molecule has 1 aromatic carbocycles. The zero-order valence-electron chi connectivity index (χ0n) is 18.1. The van der Waals surface area contributed by atoms with Crippen molar-refractivity contribution in [1.82, 2.24) is 24.5 Å². The van der Waals surface area contributed by atoms with Crippen LogP contribution in [0.4, 0.5) is 4.39 Å². The molecule has 2 aromatic rings. The Balaban J connectivity index is 1.37. The molecule has 3 heterocycles. The molecular formula is C23H30FN5O2. The summed E-state index contributed by atoms with van der Waals surface area (Å²) in [5, 5.41) is 4.40. The van der Waals surface area contributed by atoms with Crippen LogP contribution in [-0.2, 0) is 11.2 Å². The molecule has 1 aromatic heterocycles. The molecule has 2 saturated heterocycles. The number of aromatic nitrogens is 2. The molecule has 4 rings (SSSR count). The lowest BCUT2D eigenvalue weighted by Crippen LogP contribution is -2.52. The fourth-order valence-electron chi connectivity index (χ4n) is 4.41. The van der Waals surface area contributed by atoms with Crippen molar-refractivity contribution in [3.8, 4) is 5.69 Å². The fourth-order valence-corrected chi connectivity index (χ4v) is 4.41. The molecule has 0 unspecified atom stereocenters. The molecule has 8 heteroatoms. The third-order valence-corrected chi connectivity index (χ3v) is 6.23. The lowest BCUT2D eigenvalue weighted by atomic mass is 10.1. The first kappa shape index (κ1) is 21.5. The first-order chi connectivity index (χ1) is 15.1. The van der Waals surface area contributed by atoms with Crippen molar-refractivity contribution >= 4 is 11.8 Å². The van der Waals surface area contributed by atoms with Crippen molar-refractivity contribution in [2.45, 2.75) is 32.6 Å². The van der Waals surface area contributed by atoms with Crippen LogP contribution in [0.2, 0.25) is 0 Å². The van der Waals surface area contributed by atoms with Crippen molar-refractivity contribution in [2.24, 2.45) is 0 Å². The Bertz CT molecular complexity index is 913. The zero-order chi connectivity index (χ0) is 21.8. The molecule has 0 bridgehead atoms. The molecular weight excluding hydrogens is 397 g/mol. The lowest BCUT2D eigenvalue weighted by molar-refractivity contribution is -0.133. The molecule has 7 nitrogen and oxygen atoms in total. The molecule has 0 aliphatic carbocycles. The minimum Gasteiger partial charge on any atom is -0.342 e. The van der Waals surface area contributed by atoms with Gasteiger partial charge in [0.15, 0.2) is 0 Å². The van der Waals surface area contributed by atoms with E-state index in [1.807, 2.05) is 16.7 Å². The fraction of sp³-hybridized carbons (Fsp3) is 0.522. The number of carbonyl (C=O) groups excluding carboxylic acids is 2.